The van der Waals surface area contributed by atoms with Crippen LogP contribution < -0.4 is 138 Å². The molecule has 0 unspecified atom stereocenters. The molecule has 4 aliphatic rings. The molecule has 2 aromatic heterocycles. The number of piperidine rings is 2. The summed E-state index contributed by atoms with van der Waals surface area (Å²) in [5.74, 6) is 5.64. The maximum absolute atomic E-state index is 13.2. The molecule has 338 valence electrons. The topological polar surface area (TPSA) is 180 Å². The van der Waals surface area contributed by atoms with Crippen LogP contribution in [0.3, 0.4) is 0 Å². The number of fused-ring (bicyclic) bond motifs is 2. The van der Waals surface area contributed by atoms with Crippen molar-refractivity contribution >= 4 is 103 Å². The van der Waals surface area contributed by atoms with Crippen LogP contribution in [0.5, 0.6) is 0 Å². The van der Waals surface area contributed by atoms with E-state index in [0.29, 0.717) is 63.2 Å². The van der Waals surface area contributed by atoms with Gasteiger partial charge in [0.05, 0.1) is 31.8 Å². The SMILES string of the molecule is C#Cc1ccc2nc(N3CCC4(CC3)NC(=O)N(c3ccccc3)C4=O)sc2c1.C[Si](C)(C)C#Cc1ccc2nc(N3CCC4(CC3)NC(=O)N(c3ccccc3)C4=O)sc2c1.O=CO[O-].[H-].[K+].[K+]. The van der Waals surface area contributed by atoms with Gasteiger partial charge < -0.3 is 32.0 Å². The smallest absolute Gasteiger partial charge is 1.00 e. The van der Waals surface area contributed by atoms with Gasteiger partial charge in [-0.05, 0) is 86.3 Å². The van der Waals surface area contributed by atoms with Gasteiger partial charge in [-0.3, -0.25) is 14.4 Å². The van der Waals surface area contributed by atoms with Crippen LogP contribution in [0.4, 0.5) is 31.2 Å². The summed E-state index contributed by atoms with van der Waals surface area (Å²) in [6.07, 6.45) is 7.70. The number of carbonyl (C=O) groups excluding carboxylic acids is 5. The van der Waals surface area contributed by atoms with Gasteiger partial charge in [-0.15, -0.1) is 12.0 Å². The first-order valence-electron chi connectivity index (χ1n) is 21.2. The van der Waals surface area contributed by atoms with E-state index in [-0.39, 0.29) is 135 Å². The Morgan fingerprint density at radius 1 is 0.691 bits per heavy atom. The number of terminal acetylenes is 1. The second kappa shape index (κ2) is 22.9. The standard InChI is InChI=1S/C25H26N4O2SSi.C22H18N4O2S.CH2O3.2K.H/c1-33(2,3)16-11-18-9-10-20-21(17-18)32-24(26-20)28-14-12-25(13-15-28)22(30)29(23(31)27-25)19-7-5-4-6-8-19;1-2-15-8-9-17-18(14-15)29-21(23-17)25-12-10-22(11-13-25)19(27)26(20(28)24-22)16-6-4-3-5-7-16;2-1-4-3;;;/h4-10,17H,12-15H2,1-3H3,(H,27,31);1,3-9,14H,10-13H2,(H,24,28);1,3H;;;/q;;;2*+1;-1/p-1. The normalized spacial score (nSPS) is 16.8. The van der Waals surface area contributed by atoms with E-state index in [1.165, 1.54) is 9.80 Å². The van der Waals surface area contributed by atoms with Crippen LogP contribution in [0.1, 0.15) is 38.2 Å². The molecule has 4 fully saturated rings. The maximum Gasteiger partial charge on any atom is 1.00 e. The number of carbonyl (C=O) groups is 5. The summed E-state index contributed by atoms with van der Waals surface area (Å²) in [5.41, 5.74) is 6.71. The van der Waals surface area contributed by atoms with Crippen LogP contribution >= 0.6 is 22.7 Å². The largest absolute Gasteiger partial charge is 1.00 e. The summed E-state index contributed by atoms with van der Waals surface area (Å²) in [6.45, 7) is 9.16. The van der Waals surface area contributed by atoms with Gasteiger partial charge in [-0.2, -0.15) is 0 Å². The first-order chi connectivity index (χ1) is 31.7. The van der Waals surface area contributed by atoms with Gasteiger partial charge in [-0.25, -0.2) is 29.4 Å². The molecule has 0 radical (unpaired) electrons. The molecule has 4 saturated heterocycles. The number of aromatic nitrogens is 2. The number of anilines is 4. The van der Waals surface area contributed by atoms with Crippen molar-refractivity contribution in [3.05, 3.63) is 108 Å². The molecule has 0 aliphatic carbocycles. The van der Waals surface area contributed by atoms with Crippen molar-refractivity contribution in [1.29, 1.82) is 0 Å². The number of amides is 6. The van der Waals surface area contributed by atoms with E-state index >= 15 is 0 Å². The fourth-order valence-electron chi connectivity index (χ4n) is 8.22. The van der Waals surface area contributed by atoms with Crippen LogP contribution in [0.25, 0.3) is 20.4 Å². The number of benzene rings is 4. The van der Waals surface area contributed by atoms with Gasteiger partial charge in [0, 0.05) is 37.3 Å². The summed E-state index contributed by atoms with van der Waals surface area (Å²) < 4.78 is 2.17. The van der Waals surface area contributed by atoms with Crippen LogP contribution in [-0.2, 0) is 19.3 Å². The summed E-state index contributed by atoms with van der Waals surface area (Å²) >= 11 is 3.26. The van der Waals surface area contributed by atoms with Gasteiger partial charge in [0.1, 0.15) is 19.2 Å². The first-order valence-corrected chi connectivity index (χ1v) is 26.4. The van der Waals surface area contributed by atoms with Gasteiger partial charge in [0.15, 0.2) is 10.3 Å². The summed E-state index contributed by atoms with van der Waals surface area (Å²) in [6, 6.07) is 29.5. The molecule has 6 aromatic rings. The van der Waals surface area contributed by atoms with Crippen molar-refractivity contribution in [3.8, 4) is 23.8 Å². The Hall–Kier alpha value is -3.82. The summed E-state index contributed by atoms with van der Waals surface area (Å²) in [5, 5.41) is 16.2. The minimum atomic E-state index is -1.42. The van der Waals surface area contributed by atoms with Crippen molar-refractivity contribution in [2.45, 2.75) is 56.4 Å². The zero-order chi connectivity index (χ0) is 46.6. The zero-order valence-electron chi connectivity index (χ0n) is 39.4. The molecule has 2 spiro atoms. The van der Waals surface area contributed by atoms with E-state index in [4.69, 9.17) is 26.4 Å². The van der Waals surface area contributed by atoms with E-state index in [2.05, 4.69) is 68.4 Å². The molecule has 2 N–H and O–H groups in total. The molecule has 0 bridgehead atoms. The molecule has 0 atom stereocenters. The van der Waals surface area contributed by atoms with E-state index < -0.39 is 19.2 Å². The first kappa shape index (κ1) is 53.5. The fraction of sp³-hybridized carbons (Fsp3) is 0.271. The molecular formula is C48H46K2N8O7S2Si. The van der Waals surface area contributed by atoms with Gasteiger partial charge in [0.25, 0.3) is 18.3 Å². The molecule has 6 heterocycles. The number of urea groups is 2. The van der Waals surface area contributed by atoms with E-state index in [1.807, 2.05) is 66.7 Å². The predicted octanol–water partition coefficient (Wildman–Crippen LogP) is 0.549. The Bertz CT molecular complexity index is 2940. The molecule has 15 nitrogen and oxygen atoms in total. The zero-order valence-corrected chi connectivity index (χ0v) is 47.3. The third-order valence-electron chi connectivity index (χ3n) is 11.7. The predicted molar refractivity (Wildman–Crippen MR) is 259 cm³/mol. The molecular weight excluding hydrogens is 971 g/mol. The average molecular weight is 1020 g/mol. The average Bonchev–Trinajstić information content (AvgIpc) is 4.07. The Morgan fingerprint density at radius 2 is 1.09 bits per heavy atom. The molecule has 0 saturated carbocycles. The van der Waals surface area contributed by atoms with Crippen molar-refractivity contribution in [3.63, 3.8) is 0 Å². The van der Waals surface area contributed by atoms with Crippen LogP contribution in [0, 0.1) is 23.8 Å². The fourth-order valence-corrected chi connectivity index (χ4v) is 10.9. The second-order valence-corrected chi connectivity index (χ2v) is 23.9. The Labute approximate surface area is 489 Å². The summed E-state index contributed by atoms with van der Waals surface area (Å²) in [7, 11) is -1.42. The van der Waals surface area contributed by atoms with Gasteiger partial charge in [0.2, 0.25) is 0 Å². The number of para-hydroxylation sites is 2. The third kappa shape index (κ3) is 11.7. The molecule has 68 heavy (non-hydrogen) atoms. The molecule has 4 aromatic carbocycles. The van der Waals surface area contributed by atoms with Gasteiger partial charge in [-0.1, -0.05) is 90.6 Å². The number of imide groups is 2. The Balaban J connectivity index is 0.000000231. The third-order valence-corrected chi connectivity index (χ3v) is 14.7. The van der Waals surface area contributed by atoms with Crippen molar-refractivity contribution < 1.29 is 138 Å². The minimum absolute atomic E-state index is 0. The molecule has 10 rings (SSSR count). The molecule has 4 aliphatic heterocycles. The Morgan fingerprint density at radius 3 is 1.47 bits per heavy atom. The van der Waals surface area contributed by atoms with Crippen LogP contribution in [0.15, 0.2) is 97.1 Å². The van der Waals surface area contributed by atoms with Crippen LogP contribution in [0.2, 0.25) is 19.6 Å². The second-order valence-electron chi connectivity index (χ2n) is 17.1. The molecule has 6 amide bonds. The van der Waals surface area contributed by atoms with E-state index in [1.54, 1.807) is 46.9 Å². The number of rotatable bonds is 5. The molecule has 20 heteroatoms. The van der Waals surface area contributed by atoms with Gasteiger partial charge >= 0.3 is 115 Å². The quantitative estimate of drug-likeness (QED) is 0.0616. The number of nitrogens with zero attached hydrogens (tertiary/aromatic N) is 6. The number of hydrogen-bond acceptors (Lipinski definition) is 13. The monoisotopic (exact) mass is 1020 g/mol. The van der Waals surface area contributed by atoms with Crippen molar-refractivity contribution in [1.82, 2.24) is 20.6 Å². The number of hydrogen-bond donors (Lipinski definition) is 2. The Kier molecular flexibility index (Phi) is 18.1. The van der Waals surface area contributed by atoms with E-state index in [9.17, 15) is 19.2 Å². The van der Waals surface area contributed by atoms with Crippen LogP contribution in [-0.4, -0.2) is 85.6 Å². The number of nitrogens with one attached hydrogen (secondary N) is 2. The van der Waals surface area contributed by atoms with Crippen molar-refractivity contribution in [2.24, 2.45) is 0 Å². The van der Waals surface area contributed by atoms with Crippen molar-refractivity contribution in [2.75, 3.05) is 45.8 Å². The number of thiazole rings is 2. The minimum Gasteiger partial charge on any atom is -1.00 e. The van der Waals surface area contributed by atoms with E-state index in [0.717, 1.165) is 41.8 Å². The maximum atomic E-state index is 13.2. The summed E-state index contributed by atoms with van der Waals surface area (Å²) in [4.78, 5) is 79.3.